The number of ether oxygens (including phenoxy) is 2. The van der Waals surface area contributed by atoms with Crippen LogP contribution < -0.4 is 14.8 Å². The molecule has 4 aliphatic rings. The van der Waals surface area contributed by atoms with Crippen LogP contribution >= 0.6 is 0 Å². The maximum atomic E-state index is 5.66. The predicted molar refractivity (Wildman–Crippen MR) is 106 cm³/mol. The van der Waals surface area contributed by atoms with Crippen molar-refractivity contribution in [1.29, 1.82) is 0 Å². The molecule has 0 heterocycles. The summed E-state index contributed by atoms with van der Waals surface area (Å²) in [4.78, 5) is 0. The first-order valence-corrected chi connectivity index (χ1v) is 10.3. The number of benzene rings is 1. The van der Waals surface area contributed by atoms with Gasteiger partial charge in [0.15, 0.2) is 11.5 Å². The third-order valence-corrected chi connectivity index (χ3v) is 7.20. The van der Waals surface area contributed by atoms with Crippen LogP contribution in [0.1, 0.15) is 51.0 Å². The molecule has 0 aromatic heterocycles. The fourth-order valence-electron chi connectivity index (χ4n) is 6.29. The van der Waals surface area contributed by atoms with Crippen LogP contribution in [0.5, 0.6) is 11.5 Å². The Morgan fingerprint density at radius 1 is 1.15 bits per heavy atom. The first kappa shape index (κ1) is 17.9. The molecule has 0 aliphatic heterocycles. The number of hydrogen-bond acceptors (Lipinski definition) is 3. The van der Waals surface area contributed by atoms with Crippen molar-refractivity contribution in [2.75, 3.05) is 13.7 Å². The van der Waals surface area contributed by atoms with Gasteiger partial charge in [0, 0.05) is 12.6 Å². The van der Waals surface area contributed by atoms with Gasteiger partial charge in [-0.25, -0.2) is 0 Å². The van der Waals surface area contributed by atoms with Crippen LogP contribution in [0.3, 0.4) is 0 Å². The molecule has 4 aliphatic carbocycles. The summed E-state index contributed by atoms with van der Waals surface area (Å²) in [5, 5.41) is 3.86. The van der Waals surface area contributed by atoms with Crippen molar-refractivity contribution in [3.8, 4) is 11.5 Å². The van der Waals surface area contributed by atoms with Crippen molar-refractivity contribution in [1.82, 2.24) is 5.32 Å². The predicted octanol–water partition coefficient (Wildman–Crippen LogP) is 4.95. The highest BCUT2D eigenvalue weighted by molar-refractivity contribution is 5.43. The Morgan fingerprint density at radius 2 is 1.81 bits per heavy atom. The van der Waals surface area contributed by atoms with E-state index in [1.807, 2.05) is 6.07 Å². The smallest absolute Gasteiger partial charge is 0.161 e. The highest BCUT2D eigenvalue weighted by Gasteiger charge is 2.52. The van der Waals surface area contributed by atoms with E-state index < -0.39 is 0 Å². The molecule has 1 aromatic rings. The normalized spacial score (nSPS) is 33.1. The second kappa shape index (κ2) is 7.26. The van der Waals surface area contributed by atoms with E-state index in [1.54, 1.807) is 13.2 Å². The summed E-state index contributed by atoms with van der Waals surface area (Å²) in [5.41, 5.74) is 1.80. The summed E-state index contributed by atoms with van der Waals surface area (Å²) in [6, 6.07) is 6.82. The molecule has 0 radical (unpaired) electrons. The summed E-state index contributed by atoms with van der Waals surface area (Å²) >= 11 is 0. The van der Waals surface area contributed by atoms with Crippen LogP contribution in [0, 0.1) is 23.2 Å². The second-order valence-corrected chi connectivity index (χ2v) is 8.97. The van der Waals surface area contributed by atoms with Gasteiger partial charge in [0.1, 0.15) is 6.61 Å². The van der Waals surface area contributed by atoms with Gasteiger partial charge in [0.05, 0.1) is 7.11 Å². The number of nitrogens with one attached hydrogen (secondary N) is 1. The van der Waals surface area contributed by atoms with Crippen molar-refractivity contribution in [2.24, 2.45) is 23.2 Å². The van der Waals surface area contributed by atoms with Crippen LogP contribution in [0.4, 0.5) is 0 Å². The number of hydrogen-bond donors (Lipinski definition) is 1. The first-order chi connectivity index (χ1) is 12.6. The van der Waals surface area contributed by atoms with Crippen LogP contribution in [-0.4, -0.2) is 19.8 Å². The quantitative estimate of drug-likeness (QED) is 0.669. The van der Waals surface area contributed by atoms with Gasteiger partial charge in [-0.1, -0.05) is 18.7 Å². The molecule has 1 atom stereocenters. The number of methoxy groups -OCH3 is 1. The first-order valence-electron chi connectivity index (χ1n) is 10.3. The molecule has 0 unspecified atom stereocenters. The fourth-order valence-corrected chi connectivity index (χ4v) is 6.29. The topological polar surface area (TPSA) is 30.5 Å². The molecule has 1 N–H and O–H groups in total. The molecular formula is C23H33NO2. The van der Waals surface area contributed by atoms with E-state index in [0.717, 1.165) is 35.8 Å². The van der Waals surface area contributed by atoms with E-state index in [4.69, 9.17) is 9.47 Å². The minimum absolute atomic E-state index is 0.497. The maximum Gasteiger partial charge on any atom is 0.161 e. The minimum atomic E-state index is 0.497. The molecule has 26 heavy (non-hydrogen) atoms. The van der Waals surface area contributed by atoms with Gasteiger partial charge < -0.3 is 14.8 Å². The van der Waals surface area contributed by atoms with E-state index in [9.17, 15) is 0 Å². The monoisotopic (exact) mass is 355 g/mol. The Hall–Kier alpha value is -1.48. The Balaban J connectivity index is 1.40. The lowest BCUT2D eigenvalue weighted by atomic mass is 9.48. The molecular weight excluding hydrogens is 322 g/mol. The van der Waals surface area contributed by atoms with Gasteiger partial charge >= 0.3 is 0 Å². The van der Waals surface area contributed by atoms with Crippen molar-refractivity contribution in [3.05, 3.63) is 36.4 Å². The van der Waals surface area contributed by atoms with E-state index in [2.05, 4.69) is 31.0 Å². The maximum absolute atomic E-state index is 5.66. The van der Waals surface area contributed by atoms with Crippen molar-refractivity contribution in [2.45, 2.75) is 58.0 Å². The van der Waals surface area contributed by atoms with E-state index in [-0.39, 0.29) is 0 Å². The van der Waals surface area contributed by atoms with Gasteiger partial charge in [0.25, 0.3) is 0 Å². The van der Waals surface area contributed by atoms with E-state index in [0.29, 0.717) is 18.1 Å². The molecule has 142 valence electrons. The average Bonchev–Trinajstić information content (AvgIpc) is 2.63. The van der Waals surface area contributed by atoms with Crippen LogP contribution in [0.2, 0.25) is 0 Å². The highest BCUT2D eigenvalue weighted by atomic mass is 16.5. The van der Waals surface area contributed by atoms with Gasteiger partial charge in [-0.3, -0.25) is 0 Å². The van der Waals surface area contributed by atoms with Crippen molar-refractivity contribution >= 4 is 0 Å². The average molecular weight is 356 g/mol. The number of rotatable bonds is 8. The molecule has 0 saturated heterocycles. The van der Waals surface area contributed by atoms with Crippen LogP contribution in [0.25, 0.3) is 0 Å². The third-order valence-electron chi connectivity index (χ3n) is 7.20. The lowest BCUT2D eigenvalue weighted by Crippen LogP contribution is -2.54. The Morgan fingerprint density at radius 3 is 2.38 bits per heavy atom. The summed E-state index contributed by atoms with van der Waals surface area (Å²) in [7, 11) is 1.70. The summed E-state index contributed by atoms with van der Waals surface area (Å²) < 4.78 is 11.2. The Labute approximate surface area is 158 Å². The zero-order valence-corrected chi connectivity index (χ0v) is 16.3. The van der Waals surface area contributed by atoms with E-state index in [1.165, 1.54) is 44.1 Å². The van der Waals surface area contributed by atoms with Crippen molar-refractivity contribution in [3.63, 3.8) is 0 Å². The molecule has 0 amide bonds. The largest absolute Gasteiger partial charge is 0.493 e. The molecule has 0 spiro atoms. The van der Waals surface area contributed by atoms with E-state index >= 15 is 0 Å². The zero-order chi connectivity index (χ0) is 18.1. The van der Waals surface area contributed by atoms with Crippen LogP contribution in [0.15, 0.2) is 30.9 Å². The van der Waals surface area contributed by atoms with Gasteiger partial charge in [-0.15, -0.1) is 0 Å². The lowest BCUT2D eigenvalue weighted by Gasteiger charge is -2.59. The molecule has 5 rings (SSSR count). The zero-order valence-electron chi connectivity index (χ0n) is 16.3. The summed E-state index contributed by atoms with van der Waals surface area (Å²) in [5.74, 6) is 4.60. The second-order valence-electron chi connectivity index (χ2n) is 8.97. The highest BCUT2D eigenvalue weighted by Crippen LogP contribution is 2.61. The molecule has 3 nitrogen and oxygen atoms in total. The molecule has 1 aromatic carbocycles. The standard InChI is InChI=1S/C23H33NO2/c1-4-7-26-21-6-5-17(11-22(21)25-3)15-24-16(2)23-12-18-8-19(13-23)10-20(9-18)14-23/h4-6,11,16,18-20,24H,1,7-10,12-15H2,2-3H3/t16-,18?,19?,20?,23?/m0/s1. The van der Waals surface area contributed by atoms with Crippen molar-refractivity contribution < 1.29 is 9.47 Å². The summed E-state index contributed by atoms with van der Waals surface area (Å²) in [6.07, 6.45) is 10.6. The molecule has 4 saturated carbocycles. The lowest BCUT2D eigenvalue weighted by molar-refractivity contribution is -0.0706. The molecule has 3 heteroatoms. The SMILES string of the molecule is C=CCOc1ccc(CN[C@@H](C)C23CC4CC(CC(C4)C2)C3)cc1OC. The van der Waals surface area contributed by atoms with Gasteiger partial charge in [-0.2, -0.15) is 0 Å². The molecule has 4 fully saturated rings. The van der Waals surface area contributed by atoms with Crippen LogP contribution in [-0.2, 0) is 6.54 Å². The molecule has 4 bridgehead atoms. The van der Waals surface area contributed by atoms with Gasteiger partial charge in [-0.05, 0) is 86.3 Å². The minimum Gasteiger partial charge on any atom is -0.493 e. The summed E-state index contributed by atoms with van der Waals surface area (Å²) in [6.45, 7) is 7.51. The Bertz CT molecular complexity index is 618. The Kier molecular flexibility index (Phi) is 5.00. The van der Waals surface area contributed by atoms with Gasteiger partial charge in [0.2, 0.25) is 0 Å². The third kappa shape index (κ3) is 3.38. The fraction of sp³-hybridized carbons (Fsp3) is 0.652.